The third kappa shape index (κ3) is 2.50. The van der Waals surface area contributed by atoms with Gasteiger partial charge in [-0.1, -0.05) is 22.0 Å². The number of Topliss-reactive ketones (excluding diaryl/α,β-unsaturated/α-hetero) is 1. The summed E-state index contributed by atoms with van der Waals surface area (Å²) in [4.78, 5) is 24.9. The molecule has 0 aliphatic carbocycles. The van der Waals surface area contributed by atoms with Gasteiger partial charge in [-0.05, 0) is 18.2 Å². The minimum Gasteiger partial charge on any atom is -0.338 e. The highest BCUT2D eigenvalue weighted by atomic mass is 79.9. The lowest BCUT2D eigenvalue weighted by Gasteiger charge is -2.26. The summed E-state index contributed by atoms with van der Waals surface area (Å²) in [6, 6.07) is 7.32. The Morgan fingerprint density at radius 1 is 1.25 bits per heavy atom. The predicted octanol–water partition coefficient (Wildman–Crippen LogP) is 2.25. The maximum atomic E-state index is 12.1. The first-order valence-electron chi connectivity index (χ1n) is 5.23. The fourth-order valence-corrected chi connectivity index (χ4v) is 2.16. The second-order valence-electron chi connectivity index (χ2n) is 3.84. The van der Waals surface area contributed by atoms with Gasteiger partial charge in [0.15, 0.2) is 0 Å². The fraction of sp³-hybridized carbons (Fsp3) is 0.333. The van der Waals surface area contributed by atoms with Crippen molar-refractivity contribution in [2.45, 2.75) is 12.8 Å². The molecule has 0 bridgehead atoms. The summed E-state index contributed by atoms with van der Waals surface area (Å²) in [6.45, 7) is 1.09. The molecule has 2 rings (SSSR count). The van der Waals surface area contributed by atoms with E-state index in [0.717, 1.165) is 4.47 Å². The van der Waals surface area contributed by atoms with Gasteiger partial charge in [0.25, 0.3) is 5.91 Å². The van der Waals surface area contributed by atoms with Crippen LogP contribution in [0.15, 0.2) is 28.7 Å². The van der Waals surface area contributed by atoms with E-state index in [1.54, 1.807) is 17.0 Å². The van der Waals surface area contributed by atoms with Crippen LogP contribution in [0.5, 0.6) is 0 Å². The van der Waals surface area contributed by atoms with Crippen LogP contribution in [0.2, 0.25) is 0 Å². The predicted molar refractivity (Wildman–Crippen MR) is 64.3 cm³/mol. The molecule has 16 heavy (non-hydrogen) atoms. The molecule has 1 heterocycles. The Morgan fingerprint density at radius 3 is 2.56 bits per heavy atom. The number of benzene rings is 1. The van der Waals surface area contributed by atoms with Gasteiger partial charge in [0.1, 0.15) is 5.78 Å². The maximum absolute atomic E-state index is 12.1. The van der Waals surface area contributed by atoms with E-state index in [1.165, 1.54) is 0 Å². The lowest BCUT2D eigenvalue weighted by atomic mass is 10.1. The normalized spacial score (nSPS) is 16.3. The molecule has 1 saturated heterocycles. The Labute approximate surface area is 103 Å². The zero-order valence-corrected chi connectivity index (χ0v) is 10.4. The van der Waals surface area contributed by atoms with Gasteiger partial charge in [0, 0.05) is 36.0 Å². The van der Waals surface area contributed by atoms with Crippen molar-refractivity contribution in [1.29, 1.82) is 0 Å². The van der Waals surface area contributed by atoms with Crippen molar-refractivity contribution >= 4 is 27.6 Å². The molecule has 4 heteroatoms. The van der Waals surface area contributed by atoms with Crippen LogP contribution in [0.4, 0.5) is 0 Å². The number of piperidine rings is 1. The Hall–Kier alpha value is -1.16. The van der Waals surface area contributed by atoms with Gasteiger partial charge in [-0.15, -0.1) is 0 Å². The van der Waals surface area contributed by atoms with E-state index in [0.29, 0.717) is 31.5 Å². The first-order chi connectivity index (χ1) is 7.66. The average molecular weight is 282 g/mol. The number of ketones is 1. The van der Waals surface area contributed by atoms with Crippen LogP contribution in [0, 0.1) is 0 Å². The Balaban J connectivity index is 2.10. The lowest BCUT2D eigenvalue weighted by molar-refractivity contribution is -0.120. The van der Waals surface area contributed by atoms with E-state index >= 15 is 0 Å². The SMILES string of the molecule is O=C1CCN(C(=O)c2cccc(Br)c2)CC1. The summed E-state index contributed by atoms with van der Waals surface area (Å²) in [5, 5.41) is 0. The lowest BCUT2D eigenvalue weighted by Crippen LogP contribution is -2.38. The Morgan fingerprint density at radius 2 is 1.94 bits per heavy atom. The van der Waals surface area contributed by atoms with E-state index in [9.17, 15) is 9.59 Å². The van der Waals surface area contributed by atoms with Gasteiger partial charge in [-0.25, -0.2) is 0 Å². The van der Waals surface area contributed by atoms with Gasteiger partial charge in [0.2, 0.25) is 0 Å². The zero-order valence-electron chi connectivity index (χ0n) is 8.78. The van der Waals surface area contributed by atoms with Crippen molar-refractivity contribution in [3.63, 3.8) is 0 Å². The summed E-state index contributed by atoms with van der Waals surface area (Å²) in [7, 11) is 0. The summed E-state index contributed by atoms with van der Waals surface area (Å²) in [5.74, 6) is 0.257. The maximum Gasteiger partial charge on any atom is 0.253 e. The highest BCUT2D eigenvalue weighted by Gasteiger charge is 2.21. The number of rotatable bonds is 1. The summed E-state index contributed by atoms with van der Waals surface area (Å²) >= 11 is 3.34. The molecule has 1 aromatic rings. The highest BCUT2D eigenvalue weighted by Crippen LogP contribution is 2.15. The van der Waals surface area contributed by atoms with Gasteiger partial charge in [-0.3, -0.25) is 9.59 Å². The molecule has 0 atom stereocenters. The number of amides is 1. The number of likely N-dealkylation sites (tertiary alicyclic amines) is 1. The molecule has 0 N–H and O–H groups in total. The molecule has 1 aliphatic heterocycles. The number of halogens is 1. The van der Waals surface area contributed by atoms with Crippen LogP contribution in [-0.2, 0) is 4.79 Å². The van der Waals surface area contributed by atoms with Gasteiger partial charge < -0.3 is 4.90 Å². The van der Waals surface area contributed by atoms with Crippen LogP contribution in [0.25, 0.3) is 0 Å². The molecule has 0 aromatic heterocycles. The molecule has 0 saturated carbocycles. The summed E-state index contributed by atoms with van der Waals surface area (Å²) in [6.07, 6.45) is 0.972. The summed E-state index contributed by atoms with van der Waals surface area (Å²) in [5.41, 5.74) is 0.670. The van der Waals surface area contributed by atoms with Crippen LogP contribution < -0.4 is 0 Å². The quantitative estimate of drug-likeness (QED) is 0.792. The summed E-state index contributed by atoms with van der Waals surface area (Å²) < 4.78 is 0.895. The van der Waals surface area contributed by atoms with E-state index < -0.39 is 0 Å². The minimum absolute atomic E-state index is 0.00815. The van der Waals surface area contributed by atoms with Crippen molar-refractivity contribution in [2.75, 3.05) is 13.1 Å². The molecule has 0 unspecified atom stereocenters. The second-order valence-corrected chi connectivity index (χ2v) is 4.76. The van der Waals surface area contributed by atoms with Gasteiger partial charge >= 0.3 is 0 Å². The average Bonchev–Trinajstić information content (AvgIpc) is 2.29. The minimum atomic E-state index is 0.00815. The van der Waals surface area contributed by atoms with E-state index in [2.05, 4.69) is 15.9 Å². The Kier molecular flexibility index (Phi) is 3.39. The molecule has 0 radical (unpaired) electrons. The second kappa shape index (κ2) is 4.78. The van der Waals surface area contributed by atoms with Gasteiger partial charge in [-0.2, -0.15) is 0 Å². The first kappa shape index (κ1) is 11.3. The van der Waals surface area contributed by atoms with Gasteiger partial charge in [0.05, 0.1) is 0 Å². The standard InChI is InChI=1S/C12H12BrNO2/c13-10-3-1-2-9(8-10)12(16)14-6-4-11(15)5-7-14/h1-3,8H,4-7H2. The molecule has 1 fully saturated rings. The van der Waals surface area contributed by atoms with E-state index in [-0.39, 0.29) is 11.7 Å². The van der Waals surface area contributed by atoms with Crippen LogP contribution >= 0.6 is 15.9 Å². The molecule has 84 valence electrons. The molecule has 1 aromatic carbocycles. The van der Waals surface area contributed by atoms with Crippen LogP contribution in [0.3, 0.4) is 0 Å². The highest BCUT2D eigenvalue weighted by molar-refractivity contribution is 9.10. The van der Waals surface area contributed by atoms with Crippen molar-refractivity contribution in [3.8, 4) is 0 Å². The van der Waals surface area contributed by atoms with Crippen LogP contribution in [0.1, 0.15) is 23.2 Å². The topological polar surface area (TPSA) is 37.4 Å². The van der Waals surface area contributed by atoms with Crippen molar-refractivity contribution in [2.24, 2.45) is 0 Å². The smallest absolute Gasteiger partial charge is 0.253 e. The molecule has 1 aliphatic rings. The van der Waals surface area contributed by atoms with Crippen molar-refractivity contribution in [3.05, 3.63) is 34.3 Å². The molecule has 1 amide bonds. The molecule has 0 spiro atoms. The number of hydrogen-bond donors (Lipinski definition) is 0. The van der Waals surface area contributed by atoms with E-state index in [4.69, 9.17) is 0 Å². The zero-order chi connectivity index (χ0) is 11.5. The van der Waals surface area contributed by atoms with Crippen molar-refractivity contribution < 1.29 is 9.59 Å². The molecular weight excluding hydrogens is 270 g/mol. The third-order valence-corrected chi connectivity index (χ3v) is 3.17. The monoisotopic (exact) mass is 281 g/mol. The number of nitrogens with zero attached hydrogens (tertiary/aromatic N) is 1. The van der Waals surface area contributed by atoms with Crippen LogP contribution in [-0.4, -0.2) is 29.7 Å². The van der Waals surface area contributed by atoms with Crippen molar-refractivity contribution in [1.82, 2.24) is 4.90 Å². The third-order valence-electron chi connectivity index (χ3n) is 2.68. The largest absolute Gasteiger partial charge is 0.338 e. The first-order valence-corrected chi connectivity index (χ1v) is 6.02. The van der Waals surface area contributed by atoms with E-state index in [1.807, 2.05) is 12.1 Å². The number of carbonyl (C=O) groups is 2. The molecule has 3 nitrogen and oxygen atoms in total. The Bertz CT molecular complexity index is 421. The molecular formula is C12H12BrNO2. The number of hydrogen-bond acceptors (Lipinski definition) is 2. The number of carbonyl (C=O) groups excluding carboxylic acids is 2. The fourth-order valence-electron chi connectivity index (χ4n) is 1.76.